The van der Waals surface area contributed by atoms with E-state index in [1.54, 1.807) is 4.90 Å². The molecule has 1 heterocycles. The third-order valence-electron chi connectivity index (χ3n) is 6.23. The highest BCUT2D eigenvalue weighted by Gasteiger charge is 2.28. The number of hydrogen-bond donors (Lipinski definition) is 0. The molecule has 0 unspecified atom stereocenters. The van der Waals surface area contributed by atoms with Crippen molar-refractivity contribution in [3.63, 3.8) is 0 Å². The first-order valence-electron chi connectivity index (χ1n) is 11.9. The molecule has 2 aromatic rings. The number of hydrogen-bond acceptors (Lipinski definition) is 3. The lowest BCUT2D eigenvalue weighted by Gasteiger charge is -2.36. The fourth-order valence-corrected chi connectivity index (χ4v) is 4.55. The molecule has 1 aromatic heterocycles. The van der Waals surface area contributed by atoms with Crippen LogP contribution in [0, 0.1) is 0 Å². The van der Waals surface area contributed by atoms with Crippen LogP contribution < -0.4 is 0 Å². The van der Waals surface area contributed by atoms with Gasteiger partial charge in [-0.1, -0.05) is 56.5 Å². The van der Waals surface area contributed by atoms with Crippen molar-refractivity contribution >= 4 is 11.8 Å². The summed E-state index contributed by atoms with van der Waals surface area (Å²) in [6, 6.07) is 14.8. The van der Waals surface area contributed by atoms with Gasteiger partial charge in [0.1, 0.15) is 6.61 Å². The molecule has 0 bridgehead atoms. The molecule has 6 nitrogen and oxygen atoms in total. The van der Waals surface area contributed by atoms with Crippen molar-refractivity contribution in [3.8, 4) is 0 Å². The fraction of sp³-hybridized carbons (Fsp3) is 0.538. The zero-order valence-corrected chi connectivity index (χ0v) is 19.5. The molecule has 0 radical (unpaired) electrons. The Kier molecular flexibility index (Phi) is 9.35. The lowest BCUT2D eigenvalue weighted by molar-refractivity contribution is -0.144. The van der Waals surface area contributed by atoms with E-state index in [0.717, 1.165) is 44.3 Å². The molecular formula is C26H37N3O3. The Bertz CT molecular complexity index is 843. The first kappa shape index (κ1) is 24.1. The van der Waals surface area contributed by atoms with Crippen LogP contribution in [-0.2, 0) is 27.4 Å². The van der Waals surface area contributed by atoms with E-state index in [-0.39, 0.29) is 31.0 Å². The van der Waals surface area contributed by atoms with Gasteiger partial charge in [-0.3, -0.25) is 9.59 Å². The van der Waals surface area contributed by atoms with Gasteiger partial charge in [0.05, 0.1) is 13.1 Å². The van der Waals surface area contributed by atoms with Crippen LogP contribution >= 0.6 is 0 Å². The second kappa shape index (κ2) is 12.4. The molecule has 1 saturated carbocycles. The minimum absolute atomic E-state index is 0.0106. The van der Waals surface area contributed by atoms with Gasteiger partial charge in [0.15, 0.2) is 0 Å². The summed E-state index contributed by atoms with van der Waals surface area (Å²) in [6.07, 6.45) is 8.50. The highest BCUT2D eigenvalue weighted by Crippen LogP contribution is 2.25. The van der Waals surface area contributed by atoms with Crippen molar-refractivity contribution in [1.82, 2.24) is 14.4 Å². The van der Waals surface area contributed by atoms with E-state index in [1.165, 1.54) is 19.1 Å². The molecule has 0 N–H and O–H groups in total. The van der Waals surface area contributed by atoms with Gasteiger partial charge in [-0.2, -0.15) is 0 Å². The first-order chi connectivity index (χ1) is 15.6. The lowest BCUT2D eigenvalue weighted by atomic mass is 9.94. The number of aromatic nitrogens is 1. The topological polar surface area (TPSA) is 54.8 Å². The van der Waals surface area contributed by atoms with Gasteiger partial charge in [-0.25, -0.2) is 0 Å². The van der Waals surface area contributed by atoms with E-state index in [0.29, 0.717) is 13.1 Å². The molecule has 3 rings (SSSR count). The molecule has 0 spiro atoms. The van der Waals surface area contributed by atoms with Gasteiger partial charge in [0, 0.05) is 38.1 Å². The number of ether oxygens (including phenoxy) is 1. The van der Waals surface area contributed by atoms with Crippen LogP contribution in [0.15, 0.2) is 48.7 Å². The summed E-state index contributed by atoms with van der Waals surface area (Å²) in [6.45, 7) is 4.07. The lowest BCUT2D eigenvalue weighted by Crippen LogP contribution is -2.48. The van der Waals surface area contributed by atoms with E-state index in [1.807, 2.05) is 24.0 Å². The molecule has 0 aliphatic heterocycles. The van der Waals surface area contributed by atoms with Gasteiger partial charge in [0.2, 0.25) is 11.8 Å². The Morgan fingerprint density at radius 3 is 2.47 bits per heavy atom. The number of nitrogens with zero attached hydrogens (tertiary/aromatic N) is 3. The minimum Gasteiger partial charge on any atom is -0.375 e. The van der Waals surface area contributed by atoms with Crippen LogP contribution in [0.25, 0.3) is 0 Å². The Balaban J connectivity index is 1.77. The third-order valence-corrected chi connectivity index (χ3v) is 6.23. The highest BCUT2D eigenvalue weighted by atomic mass is 16.5. The van der Waals surface area contributed by atoms with Crippen LogP contribution in [0.3, 0.4) is 0 Å². The normalized spacial score (nSPS) is 14.3. The molecule has 32 heavy (non-hydrogen) atoms. The highest BCUT2D eigenvalue weighted by molar-refractivity contribution is 5.85. The van der Waals surface area contributed by atoms with Gasteiger partial charge < -0.3 is 19.1 Å². The van der Waals surface area contributed by atoms with Crippen LogP contribution in [-0.4, -0.2) is 59.0 Å². The van der Waals surface area contributed by atoms with Crippen LogP contribution in [0.1, 0.15) is 56.7 Å². The average molecular weight is 440 g/mol. The second-order valence-corrected chi connectivity index (χ2v) is 8.67. The molecule has 1 aliphatic carbocycles. The summed E-state index contributed by atoms with van der Waals surface area (Å²) in [7, 11) is 1.51. The van der Waals surface area contributed by atoms with Crippen LogP contribution in [0.4, 0.5) is 0 Å². The van der Waals surface area contributed by atoms with E-state index in [9.17, 15) is 9.59 Å². The van der Waals surface area contributed by atoms with Crippen LogP contribution in [0.5, 0.6) is 0 Å². The predicted octanol–water partition coefficient (Wildman–Crippen LogP) is 4.08. The van der Waals surface area contributed by atoms with Crippen molar-refractivity contribution in [3.05, 3.63) is 59.9 Å². The first-order valence-corrected chi connectivity index (χ1v) is 11.9. The Morgan fingerprint density at radius 2 is 1.78 bits per heavy atom. The summed E-state index contributed by atoms with van der Waals surface area (Å²) in [4.78, 5) is 29.7. The fourth-order valence-electron chi connectivity index (χ4n) is 4.55. The van der Waals surface area contributed by atoms with Crippen LogP contribution in [0.2, 0.25) is 0 Å². The summed E-state index contributed by atoms with van der Waals surface area (Å²) in [5, 5.41) is 0. The van der Waals surface area contributed by atoms with E-state index in [2.05, 4.69) is 41.1 Å². The standard InChI is InChI=1S/C26H37N3O3/c1-3-16-28(26(31)21-32-2)20-25(30)29(23-13-8-5-9-14-23)19-24-15-10-17-27(24)18-22-11-6-4-7-12-22/h4,6-7,10-12,15,17,23H,3,5,8-9,13-14,16,18-21H2,1-2H3. The maximum Gasteiger partial charge on any atom is 0.249 e. The van der Waals surface area contributed by atoms with Gasteiger partial charge >= 0.3 is 0 Å². The number of carbonyl (C=O) groups excluding carboxylic acids is 2. The average Bonchev–Trinajstić information content (AvgIpc) is 3.25. The summed E-state index contributed by atoms with van der Waals surface area (Å²) in [5.41, 5.74) is 2.36. The quantitative estimate of drug-likeness (QED) is 0.530. The molecule has 1 fully saturated rings. The molecule has 6 heteroatoms. The predicted molar refractivity (Wildman–Crippen MR) is 126 cm³/mol. The van der Waals surface area contributed by atoms with Crippen molar-refractivity contribution in [2.75, 3.05) is 26.8 Å². The third kappa shape index (κ3) is 6.70. The second-order valence-electron chi connectivity index (χ2n) is 8.67. The van der Waals surface area contributed by atoms with Gasteiger partial charge in [0.25, 0.3) is 0 Å². The molecule has 1 aliphatic rings. The Labute approximate surface area is 192 Å². The van der Waals surface area contributed by atoms with Gasteiger partial charge in [-0.05, 0) is 37.0 Å². The number of amides is 2. The van der Waals surface area contributed by atoms with E-state index < -0.39 is 0 Å². The molecule has 1 aromatic carbocycles. The number of carbonyl (C=O) groups is 2. The van der Waals surface area contributed by atoms with Crippen molar-refractivity contribution < 1.29 is 14.3 Å². The molecule has 0 atom stereocenters. The maximum absolute atomic E-state index is 13.5. The van der Waals surface area contributed by atoms with E-state index >= 15 is 0 Å². The molecule has 174 valence electrons. The summed E-state index contributed by atoms with van der Waals surface area (Å²) >= 11 is 0. The zero-order valence-electron chi connectivity index (χ0n) is 19.5. The Morgan fingerprint density at radius 1 is 1.03 bits per heavy atom. The van der Waals surface area contributed by atoms with Crippen molar-refractivity contribution in [2.45, 2.75) is 64.6 Å². The SMILES string of the molecule is CCCN(CC(=O)N(Cc1cccn1Cc1ccccc1)C1CCCCC1)C(=O)COC. The minimum atomic E-state index is -0.126. The molecular weight excluding hydrogens is 402 g/mol. The number of methoxy groups -OCH3 is 1. The zero-order chi connectivity index (χ0) is 22.8. The Hall–Kier alpha value is -2.60. The number of benzene rings is 1. The largest absolute Gasteiger partial charge is 0.375 e. The van der Waals surface area contributed by atoms with E-state index in [4.69, 9.17) is 4.74 Å². The molecule has 2 amide bonds. The monoisotopic (exact) mass is 439 g/mol. The van der Waals surface area contributed by atoms with Gasteiger partial charge in [-0.15, -0.1) is 0 Å². The number of rotatable bonds is 11. The maximum atomic E-state index is 13.5. The summed E-state index contributed by atoms with van der Waals surface area (Å²) < 4.78 is 7.25. The van der Waals surface area contributed by atoms with Crippen molar-refractivity contribution in [1.29, 1.82) is 0 Å². The smallest absolute Gasteiger partial charge is 0.249 e. The van der Waals surface area contributed by atoms with Crippen molar-refractivity contribution in [2.24, 2.45) is 0 Å². The summed E-state index contributed by atoms with van der Waals surface area (Å²) in [5.74, 6) is -0.0963. The molecule has 0 saturated heterocycles.